The van der Waals surface area contributed by atoms with Crippen molar-refractivity contribution < 1.29 is 13.2 Å². The van der Waals surface area contributed by atoms with Gasteiger partial charge in [0.25, 0.3) is 5.91 Å². The van der Waals surface area contributed by atoms with Crippen molar-refractivity contribution in [1.82, 2.24) is 9.97 Å². The molecule has 0 aliphatic heterocycles. The van der Waals surface area contributed by atoms with Crippen LogP contribution < -0.4 is 16.6 Å². The van der Waals surface area contributed by atoms with E-state index in [4.69, 9.17) is 16.6 Å². The molecule has 0 atom stereocenters. The Hall–Kier alpha value is -3.63. The lowest BCUT2D eigenvalue weighted by Gasteiger charge is -2.41. The summed E-state index contributed by atoms with van der Waals surface area (Å²) in [5, 5.41) is 5.09. The van der Waals surface area contributed by atoms with Gasteiger partial charge in [0.05, 0.1) is 10.3 Å². The van der Waals surface area contributed by atoms with Gasteiger partial charge in [0.15, 0.2) is 0 Å². The van der Waals surface area contributed by atoms with Gasteiger partial charge < -0.3 is 11.5 Å². The number of primary sulfonamides is 1. The SMILES string of the molecule is NC(=NC(=O)c1ccc(S(N)(=O)=O)cc1)C1(c2ccc(-c3cnc(N)nc3)cc2)CCC1. The minimum Gasteiger partial charge on any atom is -0.386 e. The largest absolute Gasteiger partial charge is 0.386 e. The summed E-state index contributed by atoms with van der Waals surface area (Å²) in [4.78, 5) is 24.7. The third-order valence-electron chi connectivity index (χ3n) is 5.79. The van der Waals surface area contributed by atoms with Crippen molar-refractivity contribution in [2.45, 2.75) is 29.6 Å². The van der Waals surface area contributed by atoms with Crippen molar-refractivity contribution in [3.05, 3.63) is 72.1 Å². The van der Waals surface area contributed by atoms with Gasteiger partial charge in [0.2, 0.25) is 16.0 Å². The first-order chi connectivity index (χ1) is 15.2. The third-order valence-corrected chi connectivity index (χ3v) is 6.72. The maximum atomic E-state index is 12.6. The number of benzene rings is 2. The smallest absolute Gasteiger partial charge is 0.278 e. The number of amides is 1. The van der Waals surface area contributed by atoms with E-state index in [1.54, 1.807) is 12.4 Å². The molecule has 2 aromatic carbocycles. The zero-order valence-corrected chi connectivity index (χ0v) is 17.9. The Kier molecular flexibility index (Phi) is 5.49. The lowest BCUT2D eigenvalue weighted by molar-refractivity contribution is 0.100. The van der Waals surface area contributed by atoms with Crippen molar-refractivity contribution in [2.75, 3.05) is 5.73 Å². The quantitative estimate of drug-likeness (QED) is 0.394. The predicted octanol–water partition coefficient (Wildman–Crippen LogP) is 1.99. The summed E-state index contributed by atoms with van der Waals surface area (Å²) in [5.41, 5.74) is 14.3. The molecule has 4 rings (SSSR count). The van der Waals surface area contributed by atoms with Crippen LogP contribution in [0.15, 0.2) is 70.8 Å². The van der Waals surface area contributed by atoms with Crippen molar-refractivity contribution in [2.24, 2.45) is 15.9 Å². The Bertz CT molecular complexity index is 1280. The fourth-order valence-electron chi connectivity index (χ4n) is 3.76. The van der Waals surface area contributed by atoms with Crippen molar-refractivity contribution >= 4 is 27.7 Å². The van der Waals surface area contributed by atoms with Gasteiger partial charge in [0, 0.05) is 23.5 Å². The van der Waals surface area contributed by atoms with E-state index >= 15 is 0 Å². The molecule has 0 saturated heterocycles. The van der Waals surface area contributed by atoms with Crippen molar-refractivity contribution in [3.63, 3.8) is 0 Å². The molecule has 1 aromatic heterocycles. The third kappa shape index (κ3) is 4.10. The zero-order chi connectivity index (χ0) is 22.9. The summed E-state index contributed by atoms with van der Waals surface area (Å²) in [6.07, 6.45) is 5.86. The van der Waals surface area contributed by atoms with Crippen LogP contribution in [0, 0.1) is 0 Å². The number of nitrogens with two attached hydrogens (primary N) is 3. The van der Waals surface area contributed by atoms with Crippen LogP contribution in [0.2, 0.25) is 0 Å². The monoisotopic (exact) mass is 450 g/mol. The maximum absolute atomic E-state index is 12.6. The molecule has 6 N–H and O–H groups in total. The topological polar surface area (TPSA) is 167 Å². The summed E-state index contributed by atoms with van der Waals surface area (Å²) < 4.78 is 22.8. The number of carbonyl (C=O) groups excluding carboxylic acids is 1. The maximum Gasteiger partial charge on any atom is 0.278 e. The number of hydrogen-bond donors (Lipinski definition) is 3. The van der Waals surface area contributed by atoms with Gasteiger partial charge in [-0.15, -0.1) is 0 Å². The molecule has 0 unspecified atom stereocenters. The number of rotatable bonds is 5. The van der Waals surface area contributed by atoms with Gasteiger partial charge in [0.1, 0.15) is 5.84 Å². The fourth-order valence-corrected chi connectivity index (χ4v) is 4.28. The highest BCUT2D eigenvalue weighted by Gasteiger charge is 2.42. The first-order valence-corrected chi connectivity index (χ1v) is 11.4. The second-order valence-corrected chi connectivity index (χ2v) is 9.28. The van der Waals surface area contributed by atoms with E-state index in [-0.39, 0.29) is 22.2 Å². The van der Waals surface area contributed by atoms with E-state index in [0.717, 1.165) is 36.0 Å². The summed E-state index contributed by atoms with van der Waals surface area (Å²) in [7, 11) is -3.83. The van der Waals surface area contributed by atoms with Crippen LogP contribution in [-0.2, 0) is 15.4 Å². The lowest BCUT2D eigenvalue weighted by atomic mass is 9.63. The number of aliphatic imine (C=N–C) groups is 1. The van der Waals surface area contributed by atoms with Crippen LogP contribution in [-0.4, -0.2) is 30.1 Å². The van der Waals surface area contributed by atoms with Gasteiger partial charge in [-0.2, -0.15) is 4.99 Å². The first-order valence-electron chi connectivity index (χ1n) is 9.89. The summed E-state index contributed by atoms with van der Waals surface area (Å²) >= 11 is 0. The van der Waals surface area contributed by atoms with E-state index in [1.165, 1.54) is 24.3 Å². The average molecular weight is 451 g/mol. The number of nitrogen functional groups attached to an aromatic ring is 1. The molecule has 10 heteroatoms. The molecule has 1 saturated carbocycles. The Morgan fingerprint density at radius 2 is 1.53 bits per heavy atom. The first kappa shape index (κ1) is 21.6. The van der Waals surface area contributed by atoms with Crippen LogP contribution in [0.4, 0.5) is 5.95 Å². The van der Waals surface area contributed by atoms with Gasteiger partial charge >= 0.3 is 0 Å². The van der Waals surface area contributed by atoms with Crippen molar-refractivity contribution in [1.29, 1.82) is 0 Å². The zero-order valence-electron chi connectivity index (χ0n) is 17.1. The Morgan fingerprint density at radius 1 is 0.938 bits per heavy atom. The molecule has 1 aliphatic rings. The Balaban J connectivity index is 1.58. The minimum absolute atomic E-state index is 0.0759. The number of aromatic nitrogens is 2. The average Bonchev–Trinajstić information content (AvgIpc) is 2.73. The Morgan fingerprint density at radius 3 is 2.03 bits per heavy atom. The molecule has 1 heterocycles. The number of amidine groups is 1. The minimum atomic E-state index is -3.83. The second kappa shape index (κ2) is 8.13. The van der Waals surface area contributed by atoms with E-state index in [9.17, 15) is 13.2 Å². The predicted molar refractivity (Wildman–Crippen MR) is 121 cm³/mol. The highest BCUT2D eigenvalue weighted by atomic mass is 32.2. The van der Waals surface area contributed by atoms with Crippen LogP contribution in [0.5, 0.6) is 0 Å². The van der Waals surface area contributed by atoms with Crippen LogP contribution in [0.3, 0.4) is 0 Å². The van der Waals surface area contributed by atoms with Crippen LogP contribution in [0.25, 0.3) is 11.1 Å². The van der Waals surface area contributed by atoms with Crippen molar-refractivity contribution in [3.8, 4) is 11.1 Å². The molecule has 0 radical (unpaired) electrons. The normalized spacial score (nSPS) is 15.7. The highest BCUT2D eigenvalue weighted by molar-refractivity contribution is 7.89. The molecule has 1 amide bonds. The number of carbonyl (C=O) groups is 1. The van der Waals surface area contributed by atoms with Crippen LogP contribution in [0.1, 0.15) is 35.2 Å². The van der Waals surface area contributed by atoms with E-state index in [0.29, 0.717) is 0 Å². The molecule has 164 valence electrons. The molecule has 0 bridgehead atoms. The summed E-state index contributed by atoms with van der Waals surface area (Å²) in [6.45, 7) is 0. The molecule has 9 nitrogen and oxygen atoms in total. The molecule has 1 aliphatic carbocycles. The van der Waals surface area contributed by atoms with Crippen LogP contribution >= 0.6 is 0 Å². The van der Waals surface area contributed by atoms with Gasteiger partial charge in [-0.05, 0) is 48.2 Å². The highest BCUT2D eigenvalue weighted by Crippen LogP contribution is 2.44. The fraction of sp³-hybridized carbons (Fsp3) is 0.182. The van der Waals surface area contributed by atoms with Gasteiger partial charge in [-0.1, -0.05) is 30.7 Å². The van der Waals surface area contributed by atoms with Gasteiger partial charge in [-0.3, -0.25) is 4.79 Å². The molecular formula is C22H22N6O3S. The molecule has 0 spiro atoms. The molecule has 3 aromatic rings. The number of anilines is 1. The van der Waals surface area contributed by atoms with Gasteiger partial charge in [-0.25, -0.2) is 23.5 Å². The molecule has 1 fully saturated rings. The molecular weight excluding hydrogens is 428 g/mol. The van der Waals surface area contributed by atoms with E-state index in [1.807, 2.05) is 24.3 Å². The summed E-state index contributed by atoms with van der Waals surface area (Å²) in [6, 6.07) is 13.1. The number of sulfonamides is 1. The second-order valence-electron chi connectivity index (χ2n) is 7.71. The lowest BCUT2D eigenvalue weighted by Crippen LogP contribution is -2.47. The Labute approximate surface area is 185 Å². The number of nitrogens with zero attached hydrogens (tertiary/aromatic N) is 3. The van der Waals surface area contributed by atoms with E-state index in [2.05, 4.69) is 15.0 Å². The molecule has 32 heavy (non-hydrogen) atoms. The van der Waals surface area contributed by atoms with E-state index < -0.39 is 21.3 Å². The summed E-state index contributed by atoms with van der Waals surface area (Å²) in [5.74, 6) is -0.0787. The standard InChI is InChI=1S/C22H22N6O3S/c23-20(28-19(29)15-4-8-18(9-5-15)32(25,30)31)22(10-1-11-22)17-6-2-14(3-7-17)16-12-26-21(24)27-13-16/h2-9,12-13H,1,10-11H2,(H2,23,28,29)(H2,24,26,27)(H2,25,30,31). The number of hydrogen-bond acceptors (Lipinski definition) is 6.